The fourth-order valence-electron chi connectivity index (χ4n) is 5.52. The van der Waals surface area contributed by atoms with E-state index in [0.717, 1.165) is 6.07 Å². The highest BCUT2D eigenvalue weighted by Crippen LogP contribution is 2.53. The molecule has 0 spiro atoms. The van der Waals surface area contributed by atoms with Crippen molar-refractivity contribution >= 4 is 29.0 Å². The molecule has 1 fully saturated rings. The molecule has 3 rings (SSSR count). The lowest BCUT2D eigenvalue weighted by Crippen LogP contribution is -2.46. The Labute approximate surface area is 239 Å². The van der Waals surface area contributed by atoms with Crippen LogP contribution in [0.4, 0.5) is 8.78 Å². The van der Waals surface area contributed by atoms with Gasteiger partial charge in [0.15, 0.2) is 0 Å². The highest BCUT2D eigenvalue weighted by molar-refractivity contribution is 6.31. The van der Waals surface area contributed by atoms with Gasteiger partial charge in [-0.3, -0.25) is 4.79 Å². The van der Waals surface area contributed by atoms with E-state index in [1.54, 1.807) is 6.07 Å². The number of halogens is 4. The topological polar surface area (TPSA) is 93.3 Å². The first kappa shape index (κ1) is 31.4. The van der Waals surface area contributed by atoms with Gasteiger partial charge in [-0.1, -0.05) is 69.1 Å². The second-order valence-electron chi connectivity index (χ2n) is 11.5. The molecule has 1 heterocycles. The molecule has 2 aromatic rings. The molecule has 5 nitrogen and oxygen atoms in total. The summed E-state index contributed by atoms with van der Waals surface area (Å²) >= 11 is 12.2. The molecule has 0 bridgehead atoms. The number of nitriles is 1. The zero-order valence-electron chi connectivity index (χ0n) is 22.6. The van der Waals surface area contributed by atoms with Crippen LogP contribution in [0.25, 0.3) is 0 Å². The molecule has 2 aromatic carbocycles. The Morgan fingerprint density at radius 1 is 1.23 bits per heavy atom. The highest BCUT2D eigenvalue weighted by atomic mass is 35.5. The van der Waals surface area contributed by atoms with E-state index in [-0.39, 0.29) is 57.6 Å². The molecule has 0 radical (unpaired) electrons. The van der Waals surface area contributed by atoms with Crippen LogP contribution in [0, 0.1) is 34.3 Å². The molecule has 39 heavy (non-hydrogen) atoms. The largest absolute Gasteiger partial charge is 0.394 e. The van der Waals surface area contributed by atoms with E-state index < -0.39 is 47.8 Å². The van der Waals surface area contributed by atoms with Crippen molar-refractivity contribution in [1.82, 2.24) is 5.32 Å². The van der Waals surface area contributed by atoms with Crippen molar-refractivity contribution in [3.05, 3.63) is 69.2 Å². The molecule has 1 saturated heterocycles. The molecule has 1 aliphatic rings. The summed E-state index contributed by atoms with van der Waals surface area (Å²) in [4.78, 5) is 13.7. The number of Topliss-reactive ketones (excluding diaryl/α,β-unsaturated/α-hetero) is 1. The van der Waals surface area contributed by atoms with Crippen LogP contribution in [0.1, 0.15) is 70.4 Å². The van der Waals surface area contributed by atoms with E-state index in [4.69, 9.17) is 28.3 Å². The van der Waals surface area contributed by atoms with Crippen LogP contribution in [0.2, 0.25) is 10.0 Å². The van der Waals surface area contributed by atoms with Gasteiger partial charge in [0, 0.05) is 29.0 Å². The van der Waals surface area contributed by atoms with Gasteiger partial charge in [-0.25, -0.2) is 8.78 Å². The minimum atomic E-state index is -1.68. The lowest BCUT2D eigenvalue weighted by atomic mass is 9.61. The number of aliphatic hydroxyl groups excluding tert-OH is 2. The van der Waals surface area contributed by atoms with Crippen LogP contribution in [0.15, 0.2) is 36.4 Å². The molecule has 0 aromatic heterocycles. The lowest BCUT2D eigenvalue weighted by molar-refractivity contribution is -0.121. The van der Waals surface area contributed by atoms with Crippen LogP contribution < -0.4 is 5.32 Å². The normalized spacial score (nSPS) is 24.1. The zero-order chi connectivity index (χ0) is 29.1. The number of hydrogen-bond acceptors (Lipinski definition) is 5. The van der Waals surface area contributed by atoms with Gasteiger partial charge in [0.1, 0.15) is 22.8 Å². The number of benzene rings is 2. The minimum absolute atomic E-state index is 0.0122. The van der Waals surface area contributed by atoms with Crippen molar-refractivity contribution in [2.24, 2.45) is 11.3 Å². The Hall–Kier alpha value is -2.08. The fourth-order valence-corrected chi connectivity index (χ4v) is 5.86. The lowest BCUT2D eigenvalue weighted by Gasteiger charge is -2.40. The van der Waals surface area contributed by atoms with E-state index in [2.05, 4.69) is 25.2 Å². The number of nitrogens with zero attached hydrogens (tertiary/aromatic N) is 1. The predicted molar refractivity (Wildman–Crippen MR) is 149 cm³/mol. The Kier molecular flexibility index (Phi) is 10.2. The Morgan fingerprint density at radius 3 is 2.51 bits per heavy atom. The van der Waals surface area contributed by atoms with Crippen LogP contribution in [0.3, 0.4) is 0 Å². The maximum absolute atomic E-state index is 15.7. The summed E-state index contributed by atoms with van der Waals surface area (Å²) in [7, 11) is 0. The van der Waals surface area contributed by atoms with Gasteiger partial charge >= 0.3 is 0 Å². The van der Waals surface area contributed by atoms with Crippen molar-refractivity contribution in [2.45, 2.75) is 82.9 Å². The van der Waals surface area contributed by atoms with Gasteiger partial charge < -0.3 is 15.5 Å². The molecule has 9 heteroatoms. The maximum atomic E-state index is 15.7. The third kappa shape index (κ3) is 6.31. The van der Waals surface area contributed by atoms with Crippen molar-refractivity contribution < 1.29 is 23.8 Å². The molecule has 0 amide bonds. The summed E-state index contributed by atoms with van der Waals surface area (Å²) < 4.78 is 31.4. The second-order valence-corrected chi connectivity index (χ2v) is 12.3. The van der Waals surface area contributed by atoms with E-state index in [0.29, 0.717) is 6.42 Å². The monoisotopic (exact) mass is 580 g/mol. The van der Waals surface area contributed by atoms with Crippen LogP contribution in [0.5, 0.6) is 0 Å². The highest BCUT2D eigenvalue weighted by Gasteiger charge is 2.61. The summed E-state index contributed by atoms with van der Waals surface area (Å²) in [6, 6.07) is 9.05. The van der Waals surface area contributed by atoms with E-state index in [1.807, 2.05) is 13.8 Å². The number of carbonyl (C=O) groups excluding carboxylic acids is 1. The van der Waals surface area contributed by atoms with E-state index in [9.17, 15) is 15.2 Å². The van der Waals surface area contributed by atoms with Gasteiger partial charge in [0.2, 0.25) is 0 Å². The SMILES string of the molecule is CC(C)C(C)(C)C[C@@H]1N[C@@H](C(=O)CCC[C@H](O)CO)[C@H](c2cccc(Cl)c2F)[C@@]1(C#N)c1ccc(Cl)cc1F. The first-order chi connectivity index (χ1) is 18.3. The third-order valence-electron chi connectivity index (χ3n) is 8.44. The van der Waals surface area contributed by atoms with Crippen molar-refractivity contribution in [2.75, 3.05) is 6.61 Å². The molecule has 0 unspecified atom stereocenters. The number of hydrogen-bond donors (Lipinski definition) is 3. The molecule has 5 atom stereocenters. The number of ketones is 1. The van der Waals surface area contributed by atoms with Gasteiger partial charge in [-0.2, -0.15) is 5.26 Å². The molecule has 212 valence electrons. The van der Waals surface area contributed by atoms with Gasteiger partial charge in [0.05, 0.1) is 29.8 Å². The van der Waals surface area contributed by atoms with Crippen molar-refractivity contribution in [3.8, 4) is 6.07 Å². The first-order valence-electron chi connectivity index (χ1n) is 13.2. The average Bonchev–Trinajstić information content (AvgIpc) is 3.19. The summed E-state index contributed by atoms with van der Waals surface area (Å²) in [5.41, 5.74) is -1.94. The average molecular weight is 582 g/mol. The van der Waals surface area contributed by atoms with Crippen LogP contribution in [-0.4, -0.2) is 40.8 Å². The number of rotatable bonds is 11. The van der Waals surface area contributed by atoms with Crippen LogP contribution >= 0.6 is 23.2 Å². The summed E-state index contributed by atoms with van der Waals surface area (Å²) in [6.45, 7) is 7.76. The molecule has 0 aliphatic carbocycles. The molecule has 0 saturated carbocycles. The Balaban J connectivity index is 2.26. The second kappa shape index (κ2) is 12.6. The van der Waals surface area contributed by atoms with Crippen molar-refractivity contribution in [1.29, 1.82) is 5.26 Å². The smallest absolute Gasteiger partial charge is 0.150 e. The minimum Gasteiger partial charge on any atom is -0.394 e. The molecule has 3 N–H and O–H groups in total. The standard InChI is InChI=1S/C30H36Cl2F2N2O3/c1-17(2)29(3,4)14-25-30(16-35,21-12-11-18(31)13-23(21)33)26(20-8-6-9-22(32)27(20)34)28(36-25)24(39)10-5-7-19(38)15-37/h6,8-9,11-13,17,19,25-26,28,36-38H,5,7,10,14-15H2,1-4H3/t19-,25-,26-,28-,30-/m0/s1. The quantitative estimate of drug-likeness (QED) is 0.289. The molecule has 1 aliphatic heterocycles. The number of aliphatic hydroxyl groups is 2. The molecular weight excluding hydrogens is 545 g/mol. The van der Waals surface area contributed by atoms with Gasteiger partial charge in [-0.05, 0) is 54.4 Å². The number of nitrogens with one attached hydrogen (secondary N) is 1. The summed E-state index contributed by atoms with van der Waals surface area (Å²) in [6.07, 6.45) is -0.0777. The zero-order valence-corrected chi connectivity index (χ0v) is 24.2. The van der Waals surface area contributed by atoms with Gasteiger partial charge in [-0.15, -0.1) is 0 Å². The molecular formula is C30H36Cl2F2N2O3. The van der Waals surface area contributed by atoms with E-state index >= 15 is 8.78 Å². The van der Waals surface area contributed by atoms with Crippen molar-refractivity contribution in [3.63, 3.8) is 0 Å². The maximum Gasteiger partial charge on any atom is 0.150 e. The fraction of sp³-hybridized carbons (Fsp3) is 0.533. The van der Waals surface area contributed by atoms with Gasteiger partial charge in [0.25, 0.3) is 0 Å². The predicted octanol–water partition coefficient (Wildman–Crippen LogP) is 6.32. The van der Waals surface area contributed by atoms with E-state index in [1.165, 1.54) is 24.3 Å². The Bertz CT molecular complexity index is 1230. The summed E-state index contributed by atoms with van der Waals surface area (Å²) in [5, 5.41) is 33.1. The number of carbonyl (C=O) groups is 1. The van der Waals surface area contributed by atoms with Crippen LogP contribution in [-0.2, 0) is 10.2 Å². The Morgan fingerprint density at radius 2 is 1.92 bits per heavy atom. The first-order valence-corrected chi connectivity index (χ1v) is 13.9. The summed E-state index contributed by atoms with van der Waals surface area (Å²) in [5.74, 6) is -2.72. The third-order valence-corrected chi connectivity index (χ3v) is 8.97.